The Morgan fingerprint density at radius 1 is 1.27 bits per heavy atom. The van der Waals surface area contributed by atoms with Gasteiger partial charge in [-0.05, 0) is 49.7 Å². The van der Waals surface area contributed by atoms with Crippen LogP contribution in [0, 0.1) is 17.9 Å². The molecule has 3 heterocycles. The van der Waals surface area contributed by atoms with Gasteiger partial charge in [-0.2, -0.15) is 5.26 Å². The summed E-state index contributed by atoms with van der Waals surface area (Å²) in [5.74, 6) is -0.00859. The number of amides is 1. The predicted molar refractivity (Wildman–Crippen MR) is 128 cm³/mol. The standard InChI is InChI=1S/C24H24N6O2S/c1-4-16-18(13-25)24(28-22(20(16)26-2)30-9-5-8-29(3)10-11-30)33-14-15-6-7-19-17(12-15)21(31)23(32)27-19/h6-7,12H,4-5,8-11,14H2,1,3H3,(H,27,31,32). The maximum absolute atomic E-state index is 12.0. The molecule has 0 spiro atoms. The number of fused-ring (bicyclic) bond motifs is 1. The summed E-state index contributed by atoms with van der Waals surface area (Å²) in [5.41, 5.74) is 3.40. The second kappa shape index (κ2) is 9.62. The SMILES string of the molecule is [C-]#[N+]c1c(N2CCCN(C)CC2)nc(SCc2ccc3c(c2)C(=O)C(=O)N3)c(C#N)c1CC. The lowest BCUT2D eigenvalue weighted by atomic mass is 10.1. The van der Waals surface area contributed by atoms with Crippen LogP contribution in [-0.2, 0) is 17.0 Å². The molecule has 4 rings (SSSR count). The Hall–Kier alpha value is -3.40. The van der Waals surface area contributed by atoms with Crippen molar-refractivity contribution in [1.82, 2.24) is 9.88 Å². The molecule has 1 saturated heterocycles. The number of aromatic nitrogens is 1. The van der Waals surface area contributed by atoms with Crippen LogP contribution in [0.4, 0.5) is 17.2 Å². The third kappa shape index (κ3) is 4.43. The van der Waals surface area contributed by atoms with Gasteiger partial charge in [0.1, 0.15) is 16.9 Å². The van der Waals surface area contributed by atoms with Crippen molar-refractivity contribution in [1.29, 1.82) is 5.26 Å². The Morgan fingerprint density at radius 2 is 2.09 bits per heavy atom. The Balaban J connectivity index is 1.68. The largest absolute Gasteiger partial charge is 0.364 e. The van der Waals surface area contributed by atoms with Gasteiger partial charge in [-0.15, -0.1) is 11.8 Å². The number of ketones is 1. The first-order chi connectivity index (χ1) is 16.0. The molecule has 9 heteroatoms. The van der Waals surface area contributed by atoms with E-state index in [1.165, 1.54) is 11.8 Å². The number of carbonyl (C=O) groups excluding carboxylic acids is 2. The number of benzene rings is 1. The van der Waals surface area contributed by atoms with Gasteiger partial charge in [0.15, 0.2) is 0 Å². The van der Waals surface area contributed by atoms with Crippen LogP contribution in [-0.4, -0.2) is 54.8 Å². The van der Waals surface area contributed by atoms with E-state index in [0.29, 0.717) is 45.5 Å². The molecule has 1 fully saturated rings. The molecule has 0 bridgehead atoms. The molecular weight excluding hydrogens is 436 g/mol. The minimum atomic E-state index is -0.613. The number of hydrogen-bond donors (Lipinski definition) is 1. The number of carbonyl (C=O) groups is 2. The number of rotatable bonds is 5. The molecule has 2 aliphatic heterocycles. The molecule has 8 nitrogen and oxygen atoms in total. The lowest BCUT2D eigenvalue weighted by Gasteiger charge is -2.25. The summed E-state index contributed by atoms with van der Waals surface area (Å²) in [5, 5.41) is 13.1. The van der Waals surface area contributed by atoms with Crippen LogP contribution in [0.3, 0.4) is 0 Å². The molecule has 0 radical (unpaired) electrons. The summed E-state index contributed by atoms with van der Waals surface area (Å²) in [6.45, 7) is 13.2. The summed E-state index contributed by atoms with van der Waals surface area (Å²) in [6, 6.07) is 7.57. The smallest absolute Gasteiger partial charge is 0.296 e. The van der Waals surface area contributed by atoms with Crippen molar-refractivity contribution in [2.24, 2.45) is 0 Å². The van der Waals surface area contributed by atoms with Crippen LogP contribution in [0.2, 0.25) is 0 Å². The highest BCUT2D eigenvalue weighted by Gasteiger charge is 2.28. The maximum Gasteiger partial charge on any atom is 0.296 e. The summed E-state index contributed by atoms with van der Waals surface area (Å²) in [6.07, 6.45) is 1.55. The quantitative estimate of drug-likeness (QED) is 0.414. The zero-order chi connectivity index (χ0) is 23.5. The van der Waals surface area contributed by atoms with Gasteiger partial charge in [0, 0.05) is 25.4 Å². The maximum atomic E-state index is 12.0. The zero-order valence-electron chi connectivity index (χ0n) is 18.6. The molecule has 1 aromatic carbocycles. The normalized spacial score (nSPS) is 16.1. The van der Waals surface area contributed by atoms with Crippen molar-refractivity contribution in [3.8, 4) is 6.07 Å². The van der Waals surface area contributed by atoms with E-state index in [2.05, 4.69) is 33.1 Å². The predicted octanol–water partition coefficient (Wildman–Crippen LogP) is 3.64. The molecule has 0 saturated carbocycles. The highest BCUT2D eigenvalue weighted by molar-refractivity contribution is 7.98. The number of nitrogens with one attached hydrogen (secondary N) is 1. The molecule has 33 heavy (non-hydrogen) atoms. The molecule has 0 atom stereocenters. The van der Waals surface area contributed by atoms with Gasteiger partial charge in [-0.1, -0.05) is 13.0 Å². The first kappa shape index (κ1) is 22.8. The number of pyridine rings is 1. The minimum Gasteiger partial charge on any atom is -0.364 e. The molecule has 1 aromatic heterocycles. The Morgan fingerprint density at radius 3 is 2.82 bits per heavy atom. The summed E-state index contributed by atoms with van der Waals surface area (Å²) in [4.78, 5) is 36.7. The molecule has 2 aliphatic rings. The monoisotopic (exact) mass is 460 g/mol. The van der Waals surface area contributed by atoms with Gasteiger partial charge in [0.25, 0.3) is 11.7 Å². The molecular formula is C24H24N6O2S. The number of likely N-dealkylation sites (N-methyl/N-ethyl adjacent to an activating group) is 1. The van der Waals surface area contributed by atoms with Crippen LogP contribution in [0.25, 0.3) is 4.85 Å². The van der Waals surface area contributed by atoms with E-state index < -0.39 is 11.7 Å². The van der Waals surface area contributed by atoms with Crippen molar-refractivity contribution in [2.75, 3.05) is 43.4 Å². The van der Waals surface area contributed by atoms with Crippen LogP contribution in [0.5, 0.6) is 0 Å². The summed E-state index contributed by atoms with van der Waals surface area (Å²) in [7, 11) is 2.09. The fourth-order valence-corrected chi connectivity index (χ4v) is 5.13. The lowest BCUT2D eigenvalue weighted by Crippen LogP contribution is -2.29. The third-order valence-electron chi connectivity index (χ3n) is 5.98. The van der Waals surface area contributed by atoms with Crippen LogP contribution < -0.4 is 10.2 Å². The molecule has 1 N–H and O–H groups in total. The van der Waals surface area contributed by atoms with Gasteiger partial charge < -0.3 is 15.1 Å². The van der Waals surface area contributed by atoms with Crippen LogP contribution in [0.1, 0.15) is 40.4 Å². The van der Waals surface area contributed by atoms with Crippen molar-refractivity contribution in [3.05, 3.63) is 51.9 Å². The third-order valence-corrected chi connectivity index (χ3v) is 7.02. The van der Waals surface area contributed by atoms with Gasteiger partial charge >= 0.3 is 0 Å². The van der Waals surface area contributed by atoms with E-state index in [4.69, 9.17) is 11.6 Å². The molecule has 168 valence electrons. The number of thioether (sulfide) groups is 1. The minimum absolute atomic E-state index is 0.374. The van der Waals surface area contributed by atoms with E-state index >= 15 is 0 Å². The van der Waals surface area contributed by atoms with E-state index in [-0.39, 0.29) is 0 Å². The number of nitrogens with zero attached hydrogens (tertiary/aromatic N) is 5. The van der Waals surface area contributed by atoms with Crippen molar-refractivity contribution < 1.29 is 9.59 Å². The second-order valence-corrected chi connectivity index (χ2v) is 9.08. The topological polar surface area (TPSA) is 93.7 Å². The van der Waals surface area contributed by atoms with Gasteiger partial charge in [0.2, 0.25) is 5.69 Å². The van der Waals surface area contributed by atoms with E-state index in [0.717, 1.165) is 43.7 Å². The van der Waals surface area contributed by atoms with Crippen LogP contribution >= 0.6 is 11.8 Å². The van der Waals surface area contributed by atoms with Crippen molar-refractivity contribution in [2.45, 2.75) is 30.5 Å². The number of hydrogen-bond acceptors (Lipinski definition) is 7. The summed E-state index contributed by atoms with van der Waals surface area (Å²) >= 11 is 1.41. The summed E-state index contributed by atoms with van der Waals surface area (Å²) < 4.78 is 0. The van der Waals surface area contributed by atoms with Gasteiger partial charge in [-0.25, -0.2) is 9.83 Å². The average Bonchev–Trinajstić information content (AvgIpc) is 2.97. The van der Waals surface area contributed by atoms with Gasteiger partial charge in [-0.3, -0.25) is 9.59 Å². The Labute approximate surface area is 197 Å². The zero-order valence-corrected chi connectivity index (χ0v) is 19.5. The first-order valence-electron chi connectivity index (χ1n) is 10.9. The Bertz CT molecular complexity index is 1210. The second-order valence-electron chi connectivity index (χ2n) is 8.12. The van der Waals surface area contributed by atoms with E-state index in [1.54, 1.807) is 12.1 Å². The van der Waals surface area contributed by atoms with Crippen molar-refractivity contribution >= 4 is 40.6 Å². The molecule has 2 aromatic rings. The Kier molecular flexibility index (Phi) is 6.64. The van der Waals surface area contributed by atoms with E-state index in [9.17, 15) is 14.9 Å². The fourth-order valence-electron chi connectivity index (χ4n) is 4.18. The number of anilines is 2. The average molecular weight is 461 g/mol. The van der Waals surface area contributed by atoms with Crippen LogP contribution in [0.15, 0.2) is 23.2 Å². The lowest BCUT2D eigenvalue weighted by molar-refractivity contribution is -0.112. The molecule has 0 aliphatic carbocycles. The number of nitriles is 1. The number of Topliss-reactive ketones (excluding diaryl/α,β-unsaturated/α-hetero) is 1. The van der Waals surface area contributed by atoms with E-state index in [1.807, 2.05) is 13.0 Å². The first-order valence-corrected chi connectivity index (χ1v) is 11.8. The highest BCUT2D eigenvalue weighted by atomic mass is 32.2. The fraction of sp³-hybridized carbons (Fsp3) is 0.375. The van der Waals surface area contributed by atoms with Gasteiger partial charge in [0.05, 0.1) is 23.4 Å². The highest BCUT2D eigenvalue weighted by Crippen LogP contribution is 2.39. The van der Waals surface area contributed by atoms with Crippen molar-refractivity contribution in [3.63, 3.8) is 0 Å². The molecule has 0 unspecified atom stereocenters. The molecule has 1 amide bonds.